The molecule has 0 saturated carbocycles. The zero-order valence-corrected chi connectivity index (χ0v) is 9.06. The molecule has 0 aromatic carbocycles. The van der Waals surface area contributed by atoms with Gasteiger partial charge in [-0.15, -0.1) is 0 Å². The lowest BCUT2D eigenvalue weighted by Gasteiger charge is -2.10. The smallest absolute Gasteiger partial charge is 0.277 e. The van der Waals surface area contributed by atoms with Crippen molar-refractivity contribution in [2.24, 2.45) is 5.92 Å². The monoisotopic (exact) mass is 210 g/mol. The van der Waals surface area contributed by atoms with E-state index in [0.717, 1.165) is 0 Å². The van der Waals surface area contributed by atoms with Gasteiger partial charge >= 0.3 is 0 Å². The summed E-state index contributed by atoms with van der Waals surface area (Å²) in [6, 6.07) is 0. The van der Waals surface area contributed by atoms with Crippen LogP contribution in [0.3, 0.4) is 0 Å². The molecule has 5 nitrogen and oxygen atoms in total. The second-order valence-corrected chi connectivity index (χ2v) is 5.03. The maximum Gasteiger partial charge on any atom is 0.277 e. The van der Waals surface area contributed by atoms with Crippen LogP contribution < -0.4 is 9.44 Å². The second kappa shape index (κ2) is 5.54. The van der Waals surface area contributed by atoms with Crippen molar-refractivity contribution in [2.45, 2.75) is 26.9 Å². The van der Waals surface area contributed by atoms with Crippen LogP contribution in [-0.2, 0) is 10.2 Å². The average molecular weight is 210 g/mol. The Morgan fingerprint density at radius 1 is 1.15 bits per heavy atom. The van der Waals surface area contributed by atoms with Crippen LogP contribution in [0.1, 0.15) is 20.8 Å². The second-order valence-electron chi connectivity index (χ2n) is 3.44. The molecule has 0 fully saturated rings. The van der Waals surface area contributed by atoms with Crippen molar-refractivity contribution in [1.82, 2.24) is 9.44 Å². The Kier molecular flexibility index (Phi) is 5.46. The molecule has 0 aliphatic rings. The molecule has 6 heteroatoms. The molecule has 0 heterocycles. The number of hydrogen-bond donors (Lipinski definition) is 3. The first-order chi connectivity index (χ1) is 5.83. The van der Waals surface area contributed by atoms with Gasteiger partial charge in [0.2, 0.25) is 0 Å². The quantitative estimate of drug-likeness (QED) is 0.550. The molecule has 0 rings (SSSR count). The van der Waals surface area contributed by atoms with Crippen LogP contribution in [0.5, 0.6) is 0 Å². The van der Waals surface area contributed by atoms with Crippen LogP contribution >= 0.6 is 0 Å². The zero-order chi connectivity index (χ0) is 10.5. The lowest BCUT2D eigenvalue weighted by molar-refractivity contribution is 0.198. The molecule has 13 heavy (non-hydrogen) atoms. The summed E-state index contributed by atoms with van der Waals surface area (Å²) >= 11 is 0. The predicted octanol–water partition coefficient (Wildman–Crippen LogP) is -0.553. The number of rotatable bonds is 6. The lowest BCUT2D eigenvalue weighted by Crippen LogP contribution is -2.41. The standard InChI is InChI=1S/C7H18N2O3S/c1-6(2)4-8-13(11,12)9-5-7(3)10/h6-10H,4-5H2,1-3H3/t7-/m0/s1. The summed E-state index contributed by atoms with van der Waals surface area (Å²) in [4.78, 5) is 0. The summed E-state index contributed by atoms with van der Waals surface area (Å²) < 4.78 is 26.8. The van der Waals surface area contributed by atoms with E-state index in [1.54, 1.807) is 0 Å². The third-order valence-corrected chi connectivity index (χ3v) is 2.34. The Morgan fingerprint density at radius 3 is 2.00 bits per heavy atom. The highest BCUT2D eigenvalue weighted by molar-refractivity contribution is 7.87. The van der Waals surface area contributed by atoms with E-state index in [0.29, 0.717) is 6.54 Å². The molecule has 1 atom stereocenters. The molecule has 0 amide bonds. The van der Waals surface area contributed by atoms with Gasteiger partial charge in [0.1, 0.15) is 0 Å². The van der Waals surface area contributed by atoms with Gasteiger partial charge in [-0.25, -0.2) is 4.72 Å². The molecule has 0 saturated heterocycles. The molecular formula is C7H18N2O3S. The Hall–Kier alpha value is -0.170. The van der Waals surface area contributed by atoms with Crippen molar-refractivity contribution in [2.75, 3.05) is 13.1 Å². The average Bonchev–Trinajstić information content (AvgIpc) is 1.98. The van der Waals surface area contributed by atoms with Crippen LogP contribution in [0, 0.1) is 5.92 Å². The van der Waals surface area contributed by atoms with Gasteiger partial charge in [0.05, 0.1) is 6.10 Å². The van der Waals surface area contributed by atoms with Gasteiger partial charge < -0.3 is 5.11 Å². The normalized spacial score (nSPS) is 14.8. The maximum absolute atomic E-state index is 11.1. The summed E-state index contributed by atoms with van der Waals surface area (Å²) in [6.07, 6.45) is -0.671. The van der Waals surface area contributed by atoms with Crippen molar-refractivity contribution < 1.29 is 13.5 Å². The van der Waals surface area contributed by atoms with Crippen molar-refractivity contribution in [3.8, 4) is 0 Å². The SMILES string of the molecule is CC(C)CNS(=O)(=O)NC[C@H](C)O. The molecule has 0 unspecified atom stereocenters. The summed E-state index contributed by atoms with van der Waals surface area (Å²) in [5, 5.41) is 8.84. The fourth-order valence-electron chi connectivity index (χ4n) is 0.558. The number of hydrogen-bond acceptors (Lipinski definition) is 3. The fraction of sp³-hybridized carbons (Fsp3) is 1.00. The van der Waals surface area contributed by atoms with Gasteiger partial charge in [-0.3, -0.25) is 0 Å². The first-order valence-corrected chi connectivity index (χ1v) is 5.74. The molecular weight excluding hydrogens is 192 g/mol. The minimum Gasteiger partial charge on any atom is -0.392 e. The van der Waals surface area contributed by atoms with Crippen LogP contribution in [0.2, 0.25) is 0 Å². The van der Waals surface area contributed by atoms with Gasteiger partial charge in [-0.1, -0.05) is 13.8 Å². The predicted molar refractivity (Wildman–Crippen MR) is 51.4 cm³/mol. The molecule has 0 spiro atoms. The Labute approximate surface area is 79.7 Å². The minimum absolute atomic E-state index is 0.0351. The van der Waals surface area contributed by atoms with Crippen molar-refractivity contribution >= 4 is 10.2 Å². The van der Waals surface area contributed by atoms with Crippen molar-refractivity contribution in [3.05, 3.63) is 0 Å². The van der Waals surface area contributed by atoms with Crippen molar-refractivity contribution in [1.29, 1.82) is 0 Å². The van der Waals surface area contributed by atoms with E-state index in [2.05, 4.69) is 9.44 Å². The largest absolute Gasteiger partial charge is 0.392 e. The Bertz CT molecular complexity index is 206. The van der Waals surface area contributed by atoms with E-state index >= 15 is 0 Å². The molecule has 0 aromatic heterocycles. The highest BCUT2D eigenvalue weighted by Crippen LogP contribution is 1.89. The van der Waals surface area contributed by atoms with Crippen LogP contribution in [0.25, 0.3) is 0 Å². The molecule has 0 bridgehead atoms. The molecule has 3 N–H and O–H groups in total. The Balaban J connectivity index is 3.81. The molecule has 0 aromatic rings. The van der Waals surface area contributed by atoms with E-state index in [4.69, 9.17) is 5.11 Å². The summed E-state index contributed by atoms with van der Waals surface area (Å²) in [6.45, 7) is 5.78. The van der Waals surface area contributed by atoms with Crippen molar-refractivity contribution in [3.63, 3.8) is 0 Å². The molecule has 0 radical (unpaired) electrons. The lowest BCUT2D eigenvalue weighted by atomic mass is 10.2. The maximum atomic E-state index is 11.1. The number of aliphatic hydroxyl groups excluding tert-OH is 1. The van der Waals surface area contributed by atoms with Crippen LogP contribution in [0.15, 0.2) is 0 Å². The zero-order valence-electron chi connectivity index (χ0n) is 8.24. The third-order valence-electron chi connectivity index (χ3n) is 1.25. The van der Waals surface area contributed by atoms with Gasteiger partial charge in [-0.2, -0.15) is 13.1 Å². The third kappa shape index (κ3) is 8.17. The summed E-state index contributed by atoms with van der Waals surface area (Å²) in [5.74, 6) is 0.267. The molecule has 0 aliphatic carbocycles. The van der Waals surface area contributed by atoms with E-state index in [9.17, 15) is 8.42 Å². The van der Waals surface area contributed by atoms with Crippen LogP contribution in [-0.4, -0.2) is 32.7 Å². The summed E-state index contributed by atoms with van der Waals surface area (Å²) in [5.41, 5.74) is 0. The first-order valence-electron chi connectivity index (χ1n) is 4.26. The number of aliphatic hydroxyl groups is 1. The van der Waals surface area contributed by atoms with Gasteiger partial charge in [0, 0.05) is 13.1 Å². The van der Waals surface area contributed by atoms with Gasteiger partial charge in [0.15, 0.2) is 0 Å². The van der Waals surface area contributed by atoms with E-state index in [-0.39, 0.29) is 12.5 Å². The minimum atomic E-state index is -3.43. The van der Waals surface area contributed by atoms with Gasteiger partial charge in [0.25, 0.3) is 10.2 Å². The van der Waals surface area contributed by atoms with E-state index in [1.807, 2.05) is 13.8 Å². The highest BCUT2D eigenvalue weighted by atomic mass is 32.2. The molecule has 0 aliphatic heterocycles. The first kappa shape index (κ1) is 12.8. The highest BCUT2D eigenvalue weighted by Gasteiger charge is 2.09. The summed E-state index contributed by atoms with van der Waals surface area (Å²) in [7, 11) is -3.43. The van der Waals surface area contributed by atoms with Gasteiger partial charge in [-0.05, 0) is 12.8 Å². The van der Waals surface area contributed by atoms with E-state index in [1.165, 1.54) is 6.92 Å². The topological polar surface area (TPSA) is 78.4 Å². The van der Waals surface area contributed by atoms with E-state index < -0.39 is 16.3 Å². The van der Waals surface area contributed by atoms with Crippen LogP contribution in [0.4, 0.5) is 0 Å². The molecule has 80 valence electrons. The number of nitrogens with one attached hydrogen (secondary N) is 2. The Morgan fingerprint density at radius 2 is 1.62 bits per heavy atom. The fourth-order valence-corrected chi connectivity index (χ4v) is 1.67.